The van der Waals surface area contributed by atoms with Crippen LogP contribution in [-0.2, 0) is 39.1 Å². The topological polar surface area (TPSA) is 86.8 Å². The van der Waals surface area contributed by atoms with Crippen LogP contribution in [0.3, 0.4) is 0 Å². The van der Waals surface area contributed by atoms with Crippen LogP contribution in [-0.4, -0.2) is 55.3 Å². The maximum Gasteiger partial charge on any atom is 0.242 e. The van der Waals surface area contributed by atoms with E-state index in [1.165, 1.54) is 36.2 Å². The van der Waals surface area contributed by atoms with Gasteiger partial charge in [-0.3, -0.25) is 9.59 Å². The Balaban J connectivity index is 1.95. The Bertz CT molecular complexity index is 1250. The minimum Gasteiger partial charge on any atom is -0.357 e. The summed E-state index contributed by atoms with van der Waals surface area (Å²) in [4.78, 5) is 28.0. The van der Waals surface area contributed by atoms with Crippen LogP contribution in [0.5, 0.6) is 0 Å². The average molecular weight is 512 g/mol. The van der Waals surface area contributed by atoms with Gasteiger partial charge in [-0.1, -0.05) is 72.8 Å². The molecule has 2 amide bonds. The predicted octanol–water partition coefficient (Wildman–Crippen LogP) is 2.97. The molecule has 1 atom stereocenters. The lowest BCUT2D eigenvalue weighted by atomic mass is 10.0. The number of amides is 2. The van der Waals surface area contributed by atoms with Gasteiger partial charge in [-0.25, -0.2) is 12.8 Å². The van der Waals surface area contributed by atoms with Crippen molar-refractivity contribution < 1.29 is 22.4 Å². The van der Waals surface area contributed by atoms with Crippen LogP contribution in [0.25, 0.3) is 0 Å². The average Bonchev–Trinajstić information content (AvgIpc) is 2.87. The lowest BCUT2D eigenvalue weighted by Gasteiger charge is -2.32. The molecule has 1 N–H and O–H groups in total. The van der Waals surface area contributed by atoms with E-state index in [0.717, 1.165) is 21.7 Å². The summed E-state index contributed by atoms with van der Waals surface area (Å²) in [5, 5.41) is 2.61. The standard InChI is InChI=1S/C27H30FN3O4S/c1-29-27(33)25(17-21-9-5-3-6-10-21)31(19-23-13-15-24(28)16-14-23)26(32)20-30(36(2,34)35)18-22-11-7-4-8-12-22/h3-16,25H,17-20H2,1-2H3,(H,29,33)/t25-/m0/s1. The van der Waals surface area contributed by atoms with Crippen LogP contribution in [0.2, 0.25) is 0 Å². The summed E-state index contributed by atoms with van der Waals surface area (Å²) in [5.74, 6) is -1.34. The molecule has 7 nitrogen and oxygen atoms in total. The van der Waals surface area contributed by atoms with E-state index in [1.807, 2.05) is 36.4 Å². The zero-order chi connectivity index (χ0) is 26.1. The summed E-state index contributed by atoms with van der Waals surface area (Å²) in [6, 6.07) is 22.9. The van der Waals surface area contributed by atoms with Crippen LogP contribution in [0, 0.1) is 5.82 Å². The zero-order valence-corrected chi connectivity index (χ0v) is 21.1. The van der Waals surface area contributed by atoms with Gasteiger partial charge in [-0.05, 0) is 28.8 Å². The molecule has 36 heavy (non-hydrogen) atoms. The first-order valence-electron chi connectivity index (χ1n) is 11.5. The Hall–Kier alpha value is -3.56. The van der Waals surface area contributed by atoms with Gasteiger partial charge >= 0.3 is 0 Å². The second-order valence-electron chi connectivity index (χ2n) is 8.48. The van der Waals surface area contributed by atoms with Crippen molar-refractivity contribution in [3.63, 3.8) is 0 Å². The van der Waals surface area contributed by atoms with E-state index in [-0.39, 0.29) is 25.4 Å². The normalized spacial score (nSPS) is 12.2. The quantitative estimate of drug-likeness (QED) is 0.429. The van der Waals surface area contributed by atoms with Gasteiger partial charge in [-0.2, -0.15) is 4.31 Å². The molecule has 0 heterocycles. The number of sulfonamides is 1. The lowest BCUT2D eigenvalue weighted by molar-refractivity contribution is -0.141. The molecule has 3 aromatic carbocycles. The second-order valence-corrected chi connectivity index (χ2v) is 10.5. The fourth-order valence-electron chi connectivity index (χ4n) is 3.83. The van der Waals surface area contributed by atoms with Crippen molar-refractivity contribution in [2.75, 3.05) is 19.8 Å². The highest BCUT2D eigenvalue weighted by atomic mass is 32.2. The molecule has 3 aromatic rings. The highest BCUT2D eigenvalue weighted by molar-refractivity contribution is 7.88. The summed E-state index contributed by atoms with van der Waals surface area (Å²) in [7, 11) is -2.26. The maximum absolute atomic E-state index is 13.7. The van der Waals surface area contributed by atoms with E-state index in [1.54, 1.807) is 24.3 Å². The van der Waals surface area contributed by atoms with Crippen molar-refractivity contribution in [3.05, 3.63) is 107 Å². The molecule has 0 aliphatic carbocycles. The molecular formula is C27H30FN3O4S. The number of nitrogens with zero attached hydrogens (tertiary/aromatic N) is 2. The Morgan fingerprint density at radius 2 is 1.36 bits per heavy atom. The molecule has 0 radical (unpaired) electrons. The van der Waals surface area contributed by atoms with Crippen LogP contribution in [0.1, 0.15) is 16.7 Å². The highest BCUT2D eigenvalue weighted by Crippen LogP contribution is 2.17. The van der Waals surface area contributed by atoms with E-state index >= 15 is 0 Å². The molecule has 9 heteroatoms. The van der Waals surface area contributed by atoms with E-state index in [9.17, 15) is 22.4 Å². The minimum absolute atomic E-state index is 0.00692. The third kappa shape index (κ3) is 7.73. The predicted molar refractivity (Wildman–Crippen MR) is 137 cm³/mol. The third-order valence-electron chi connectivity index (χ3n) is 5.77. The fraction of sp³-hybridized carbons (Fsp3) is 0.259. The maximum atomic E-state index is 13.7. The number of hydrogen-bond donors (Lipinski definition) is 1. The number of nitrogens with one attached hydrogen (secondary N) is 1. The SMILES string of the molecule is CNC(=O)[C@H](Cc1ccccc1)N(Cc1ccc(F)cc1)C(=O)CN(Cc1ccccc1)S(C)(=O)=O. The van der Waals surface area contributed by atoms with E-state index in [0.29, 0.717) is 5.56 Å². The van der Waals surface area contributed by atoms with Crippen LogP contribution >= 0.6 is 0 Å². The zero-order valence-electron chi connectivity index (χ0n) is 20.3. The van der Waals surface area contributed by atoms with Gasteiger partial charge in [0.05, 0.1) is 12.8 Å². The molecular weight excluding hydrogens is 481 g/mol. The summed E-state index contributed by atoms with van der Waals surface area (Å²) in [5.41, 5.74) is 2.18. The summed E-state index contributed by atoms with van der Waals surface area (Å²) in [6.07, 6.45) is 1.28. The monoisotopic (exact) mass is 511 g/mol. The van der Waals surface area contributed by atoms with Crippen molar-refractivity contribution in [3.8, 4) is 0 Å². The largest absolute Gasteiger partial charge is 0.357 e. The fourth-order valence-corrected chi connectivity index (χ4v) is 4.55. The summed E-state index contributed by atoms with van der Waals surface area (Å²) >= 11 is 0. The van der Waals surface area contributed by atoms with E-state index in [2.05, 4.69) is 5.32 Å². The molecule has 0 bridgehead atoms. The molecule has 3 rings (SSSR count). The molecule has 0 aromatic heterocycles. The van der Waals surface area contributed by atoms with Gasteiger partial charge in [0.25, 0.3) is 0 Å². The Labute approximate surface area is 211 Å². The smallest absolute Gasteiger partial charge is 0.242 e. The second kappa shape index (κ2) is 12.4. The van der Waals surface area contributed by atoms with Crippen LogP contribution in [0.4, 0.5) is 4.39 Å². The van der Waals surface area contributed by atoms with Crippen molar-refractivity contribution in [1.29, 1.82) is 0 Å². The summed E-state index contributed by atoms with van der Waals surface area (Å²) in [6.45, 7) is -0.427. The van der Waals surface area contributed by atoms with Crippen molar-refractivity contribution in [1.82, 2.24) is 14.5 Å². The Morgan fingerprint density at radius 1 is 0.833 bits per heavy atom. The highest BCUT2D eigenvalue weighted by Gasteiger charge is 2.32. The number of rotatable bonds is 11. The first-order chi connectivity index (χ1) is 17.2. The number of hydrogen-bond acceptors (Lipinski definition) is 4. The molecule has 0 saturated heterocycles. The first kappa shape index (κ1) is 27.0. The van der Waals surface area contributed by atoms with Gasteiger partial charge in [0, 0.05) is 26.6 Å². The number of benzene rings is 3. The van der Waals surface area contributed by atoms with Crippen molar-refractivity contribution in [2.45, 2.75) is 25.6 Å². The minimum atomic E-state index is -3.74. The van der Waals surface area contributed by atoms with Crippen molar-refractivity contribution >= 4 is 21.8 Å². The molecule has 0 unspecified atom stereocenters. The summed E-state index contributed by atoms with van der Waals surface area (Å²) < 4.78 is 39.7. The number of carbonyl (C=O) groups is 2. The molecule has 0 saturated carbocycles. The van der Waals surface area contributed by atoms with E-state index < -0.39 is 34.3 Å². The van der Waals surface area contributed by atoms with Crippen LogP contribution < -0.4 is 5.32 Å². The van der Waals surface area contributed by atoms with Gasteiger partial charge in [-0.15, -0.1) is 0 Å². The lowest BCUT2D eigenvalue weighted by Crippen LogP contribution is -2.52. The first-order valence-corrected chi connectivity index (χ1v) is 13.3. The van der Waals surface area contributed by atoms with Crippen LogP contribution in [0.15, 0.2) is 84.9 Å². The Kier molecular flexibility index (Phi) is 9.32. The van der Waals surface area contributed by atoms with E-state index in [4.69, 9.17) is 0 Å². The Morgan fingerprint density at radius 3 is 1.89 bits per heavy atom. The molecule has 0 fully saturated rings. The van der Waals surface area contributed by atoms with Gasteiger partial charge in [0.1, 0.15) is 11.9 Å². The van der Waals surface area contributed by atoms with Gasteiger partial charge in [0.2, 0.25) is 21.8 Å². The molecule has 0 spiro atoms. The van der Waals surface area contributed by atoms with Crippen molar-refractivity contribution in [2.24, 2.45) is 0 Å². The number of halogens is 1. The van der Waals surface area contributed by atoms with Gasteiger partial charge in [0.15, 0.2) is 0 Å². The molecule has 190 valence electrons. The number of carbonyl (C=O) groups excluding carboxylic acids is 2. The molecule has 0 aliphatic rings. The third-order valence-corrected chi connectivity index (χ3v) is 6.96. The molecule has 0 aliphatic heterocycles. The number of likely N-dealkylation sites (N-methyl/N-ethyl adjacent to an activating group) is 1. The van der Waals surface area contributed by atoms with Gasteiger partial charge < -0.3 is 10.2 Å².